The highest BCUT2D eigenvalue weighted by molar-refractivity contribution is 5.76. The van der Waals surface area contributed by atoms with Gasteiger partial charge in [-0.15, -0.1) is 12.3 Å². The molecule has 0 aliphatic carbocycles. The van der Waals surface area contributed by atoms with Crippen molar-refractivity contribution in [3.63, 3.8) is 0 Å². The van der Waals surface area contributed by atoms with Crippen LogP contribution in [0.5, 0.6) is 0 Å². The fourth-order valence-corrected chi connectivity index (χ4v) is 0.632. The Bertz CT molecular complexity index is 181. The number of hydrogen-bond donors (Lipinski definition) is 2. The molecule has 0 fully saturated rings. The lowest BCUT2D eigenvalue weighted by Gasteiger charge is -2.15. The lowest BCUT2D eigenvalue weighted by molar-refractivity contribution is -0.122. The van der Waals surface area contributed by atoms with E-state index in [-0.39, 0.29) is 11.9 Å². The summed E-state index contributed by atoms with van der Waals surface area (Å²) < 4.78 is 0. The largest absolute Gasteiger partial charge is 0.391 e. The second-order valence-corrected chi connectivity index (χ2v) is 2.80. The Morgan fingerprint density at radius 2 is 2.25 bits per heavy atom. The van der Waals surface area contributed by atoms with E-state index in [9.17, 15) is 4.79 Å². The molecule has 12 heavy (non-hydrogen) atoms. The molecule has 0 heterocycles. The third-order valence-electron chi connectivity index (χ3n) is 1.61. The van der Waals surface area contributed by atoms with Gasteiger partial charge in [-0.1, -0.05) is 0 Å². The number of nitrogens with one attached hydrogen (secondary N) is 1. The molecule has 1 amide bonds. The van der Waals surface area contributed by atoms with E-state index < -0.39 is 6.10 Å². The van der Waals surface area contributed by atoms with Crippen molar-refractivity contribution in [3.05, 3.63) is 0 Å². The summed E-state index contributed by atoms with van der Waals surface area (Å²) in [4.78, 5) is 11.0. The molecule has 2 N–H and O–H groups in total. The molecule has 3 heteroatoms. The number of carbonyl (C=O) groups excluding carboxylic acids is 1. The van der Waals surface area contributed by atoms with Gasteiger partial charge in [0.25, 0.3) is 0 Å². The molecule has 68 valence electrons. The van der Waals surface area contributed by atoms with Gasteiger partial charge in [-0.3, -0.25) is 4.79 Å². The molecular formula is C9H15NO2. The number of aliphatic hydroxyl groups excluding tert-OH is 1. The van der Waals surface area contributed by atoms with Crippen molar-refractivity contribution < 1.29 is 9.90 Å². The summed E-state index contributed by atoms with van der Waals surface area (Å²) >= 11 is 0. The molecule has 0 bridgehead atoms. The Morgan fingerprint density at radius 1 is 1.67 bits per heavy atom. The van der Waals surface area contributed by atoms with E-state index in [0.717, 1.165) is 0 Å². The van der Waals surface area contributed by atoms with Crippen LogP contribution in [-0.4, -0.2) is 23.2 Å². The van der Waals surface area contributed by atoms with Crippen molar-refractivity contribution in [3.8, 4) is 12.3 Å². The van der Waals surface area contributed by atoms with Gasteiger partial charge < -0.3 is 10.4 Å². The van der Waals surface area contributed by atoms with Gasteiger partial charge in [-0.2, -0.15) is 0 Å². The molecule has 2 atom stereocenters. The summed E-state index contributed by atoms with van der Waals surface area (Å²) in [5.74, 6) is 2.27. The SMILES string of the molecule is C#CCCC(=O)NC(C)C(C)O. The molecular weight excluding hydrogens is 154 g/mol. The van der Waals surface area contributed by atoms with Gasteiger partial charge in [0.05, 0.1) is 12.1 Å². The number of carbonyl (C=O) groups is 1. The lowest BCUT2D eigenvalue weighted by Crippen LogP contribution is -2.39. The second kappa shape index (κ2) is 5.62. The maximum Gasteiger partial charge on any atom is 0.221 e. The monoisotopic (exact) mass is 169 g/mol. The van der Waals surface area contributed by atoms with Crippen molar-refractivity contribution in [1.82, 2.24) is 5.32 Å². The van der Waals surface area contributed by atoms with E-state index >= 15 is 0 Å². The quantitative estimate of drug-likeness (QED) is 0.594. The van der Waals surface area contributed by atoms with Crippen LogP contribution in [0.3, 0.4) is 0 Å². The smallest absolute Gasteiger partial charge is 0.221 e. The number of aliphatic hydroxyl groups is 1. The second-order valence-electron chi connectivity index (χ2n) is 2.80. The topological polar surface area (TPSA) is 49.3 Å². The first-order valence-electron chi connectivity index (χ1n) is 3.98. The van der Waals surface area contributed by atoms with E-state index in [4.69, 9.17) is 11.5 Å². The Kier molecular flexibility index (Phi) is 5.14. The van der Waals surface area contributed by atoms with Crippen molar-refractivity contribution >= 4 is 5.91 Å². The Balaban J connectivity index is 3.63. The molecule has 0 saturated carbocycles. The van der Waals surface area contributed by atoms with Crippen molar-refractivity contribution in [2.45, 2.75) is 38.8 Å². The number of rotatable bonds is 4. The highest BCUT2D eigenvalue weighted by Gasteiger charge is 2.10. The zero-order valence-electron chi connectivity index (χ0n) is 7.50. The van der Waals surface area contributed by atoms with Gasteiger partial charge in [0.1, 0.15) is 0 Å². The zero-order valence-corrected chi connectivity index (χ0v) is 7.50. The van der Waals surface area contributed by atoms with E-state index in [1.165, 1.54) is 0 Å². The minimum atomic E-state index is -0.528. The third-order valence-corrected chi connectivity index (χ3v) is 1.61. The van der Waals surface area contributed by atoms with Gasteiger partial charge in [0, 0.05) is 12.8 Å². The van der Waals surface area contributed by atoms with E-state index in [1.807, 2.05) is 0 Å². The molecule has 0 aliphatic heterocycles. The first-order valence-corrected chi connectivity index (χ1v) is 3.98. The van der Waals surface area contributed by atoms with Gasteiger partial charge in [-0.05, 0) is 13.8 Å². The van der Waals surface area contributed by atoms with E-state index in [2.05, 4.69) is 11.2 Å². The zero-order chi connectivity index (χ0) is 9.56. The number of hydrogen-bond acceptors (Lipinski definition) is 2. The van der Waals surface area contributed by atoms with Gasteiger partial charge in [0.15, 0.2) is 0 Å². The predicted molar refractivity (Wildman–Crippen MR) is 47.4 cm³/mol. The predicted octanol–water partition coefficient (Wildman–Crippen LogP) is 0.285. The number of terminal acetylenes is 1. The minimum Gasteiger partial charge on any atom is -0.391 e. The fourth-order valence-electron chi connectivity index (χ4n) is 0.632. The molecule has 0 rings (SSSR count). The summed E-state index contributed by atoms with van der Waals surface area (Å²) in [7, 11) is 0. The minimum absolute atomic E-state index is 0.110. The van der Waals surface area contributed by atoms with Crippen molar-refractivity contribution in [2.24, 2.45) is 0 Å². The van der Waals surface area contributed by atoms with Crippen LogP contribution in [0.4, 0.5) is 0 Å². The summed E-state index contributed by atoms with van der Waals surface area (Å²) in [6.07, 6.45) is 5.23. The third kappa shape index (κ3) is 4.75. The molecule has 2 unspecified atom stereocenters. The number of amides is 1. The first-order chi connectivity index (χ1) is 5.57. The van der Waals surface area contributed by atoms with Crippen LogP contribution in [0.25, 0.3) is 0 Å². The molecule has 3 nitrogen and oxygen atoms in total. The van der Waals surface area contributed by atoms with Crippen LogP contribution >= 0.6 is 0 Å². The van der Waals surface area contributed by atoms with Crippen LogP contribution in [0.15, 0.2) is 0 Å². The lowest BCUT2D eigenvalue weighted by atomic mass is 10.2. The van der Waals surface area contributed by atoms with Crippen molar-refractivity contribution in [2.75, 3.05) is 0 Å². The van der Waals surface area contributed by atoms with Crippen LogP contribution in [-0.2, 0) is 4.79 Å². The standard InChI is InChI=1S/C9H15NO2/c1-4-5-6-9(12)10-7(2)8(3)11/h1,7-8,11H,5-6H2,2-3H3,(H,10,12). The molecule has 0 spiro atoms. The van der Waals surface area contributed by atoms with Crippen LogP contribution in [0, 0.1) is 12.3 Å². The highest BCUT2D eigenvalue weighted by Crippen LogP contribution is 1.93. The fraction of sp³-hybridized carbons (Fsp3) is 0.667. The molecule has 0 aromatic heterocycles. The maximum atomic E-state index is 11.0. The van der Waals surface area contributed by atoms with E-state index in [1.54, 1.807) is 13.8 Å². The first kappa shape index (κ1) is 11.0. The van der Waals surface area contributed by atoms with Crippen LogP contribution in [0.1, 0.15) is 26.7 Å². The Labute approximate surface area is 73.2 Å². The van der Waals surface area contributed by atoms with Crippen molar-refractivity contribution in [1.29, 1.82) is 0 Å². The summed E-state index contributed by atoms with van der Waals surface area (Å²) in [6, 6.07) is -0.213. The maximum absolute atomic E-state index is 11.0. The molecule has 0 radical (unpaired) electrons. The average molecular weight is 169 g/mol. The molecule has 0 aromatic carbocycles. The molecule has 0 aliphatic rings. The van der Waals surface area contributed by atoms with Crippen LogP contribution < -0.4 is 5.32 Å². The molecule has 0 aromatic rings. The highest BCUT2D eigenvalue weighted by atomic mass is 16.3. The van der Waals surface area contributed by atoms with Gasteiger partial charge in [0.2, 0.25) is 5.91 Å². The average Bonchev–Trinajstić information content (AvgIpc) is 2.00. The normalized spacial score (nSPS) is 14.5. The van der Waals surface area contributed by atoms with Gasteiger partial charge in [-0.25, -0.2) is 0 Å². The van der Waals surface area contributed by atoms with Gasteiger partial charge >= 0.3 is 0 Å². The molecule has 0 saturated heterocycles. The summed E-state index contributed by atoms with van der Waals surface area (Å²) in [5.41, 5.74) is 0. The summed E-state index contributed by atoms with van der Waals surface area (Å²) in [5, 5.41) is 11.7. The Morgan fingerprint density at radius 3 is 2.67 bits per heavy atom. The summed E-state index contributed by atoms with van der Waals surface area (Å²) in [6.45, 7) is 3.38. The van der Waals surface area contributed by atoms with Crippen LogP contribution in [0.2, 0.25) is 0 Å². The van der Waals surface area contributed by atoms with E-state index in [0.29, 0.717) is 12.8 Å². The Hall–Kier alpha value is -1.01.